The van der Waals surface area contributed by atoms with Crippen LogP contribution in [0.2, 0.25) is 0 Å². The minimum atomic E-state index is -4.45. The molecule has 2 aromatic rings. The largest absolute Gasteiger partial charge is 0.417 e. The van der Waals surface area contributed by atoms with Gasteiger partial charge in [0.2, 0.25) is 0 Å². The molecule has 0 aromatic carbocycles. The highest BCUT2D eigenvalue weighted by Gasteiger charge is 2.30. The number of halogens is 3. The topological polar surface area (TPSA) is 75.9 Å². The number of hydrogen-bond donors (Lipinski definition) is 1. The molecule has 1 saturated heterocycles. The van der Waals surface area contributed by atoms with Crippen LogP contribution in [0.3, 0.4) is 0 Å². The van der Waals surface area contributed by atoms with Crippen LogP contribution in [0.5, 0.6) is 0 Å². The Balaban J connectivity index is 1.76. The standard InChI is InChI=1S/C14H15F3N6O/c15-14(16,17)10-2-3-12(19-8-10)23-9-11(20-21-23)13(24)22-6-1-4-18-5-7-22/h2-3,8-9,18H,1,4-7H2. The second kappa shape index (κ2) is 6.56. The van der Waals surface area contributed by atoms with Gasteiger partial charge in [-0.2, -0.15) is 13.2 Å². The molecule has 2 aromatic heterocycles. The molecule has 1 fully saturated rings. The second-order valence-electron chi connectivity index (χ2n) is 5.35. The molecule has 0 unspecified atom stereocenters. The van der Waals surface area contributed by atoms with E-state index in [9.17, 15) is 18.0 Å². The van der Waals surface area contributed by atoms with Crippen molar-refractivity contribution in [1.29, 1.82) is 0 Å². The van der Waals surface area contributed by atoms with E-state index in [0.717, 1.165) is 25.2 Å². The van der Waals surface area contributed by atoms with E-state index in [0.29, 0.717) is 19.6 Å². The van der Waals surface area contributed by atoms with Crippen molar-refractivity contribution in [3.8, 4) is 5.82 Å². The highest BCUT2D eigenvalue weighted by molar-refractivity contribution is 5.92. The molecule has 3 heterocycles. The van der Waals surface area contributed by atoms with Gasteiger partial charge in [0.1, 0.15) is 0 Å². The van der Waals surface area contributed by atoms with Crippen molar-refractivity contribution in [3.05, 3.63) is 35.8 Å². The number of nitrogens with zero attached hydrogens (tertiary/aromatic N) is 5. The third-order valence-electron chi connectivity index (χ3n) is 3.65. The molecule has 24 heavy (non-hydrogen) atoms. The van der Waals surface area contributed by atoms with Gasteiger partial charge in [-0.3, -0.25) is 4.79 Å². The van der Waals surface area contributed by atoms with Gasteiger partial charge in [0.25, 0.3) is 5.91 Å². The molecule has 10 heteroatoms. The number of hydrogen-bond acceptors (Lipinski definition) is 5. The highest BCUT2D eigenvalue weighted by Crippen LogP contribution is 2.28. The zero-order valence-electron chi connectivity index (χ0n) is 12.6. The lowest BCUT2D eigenvalue weighted by Gasteiger charge is -2.17. The summed E-state index contributed by atoms with van der Waals surface area (Å²) in [6, 6.07) is 2.09. The van der Waals surface area contributed by atoms with Gasteiger partial charge in [-0.05, 0) is 25.1 Å². The van der Waals surface area contributed by atoms with Crippen LogP contribution in [-0.4, -0.2) is 57.0 Å². The van der Waals surface area contributed by atoms with E-state index in [-0.39, 0.29) is 17.4 Å². The Labute approximate surface area is 135 Å². The molecule has 0 atom stereocenters. The number of carbonyl (C=O) groups is 1. The van der Waals surface area contributed by atoms with E-state index in [2.05, 4.69) is 20.6 Å². The Hall–Kier alpha value is -2.49. The van der Waals surface area contributed by atoms with Crippen LogP contribution < -0.4 is 5.32 Å². The zero-order chi connectivity index (χ0) is 17.2. The lowest BCUT2D eigenvalue weighted by molar-refractivity contribution is -0.137. The summed E-state index contributed by atoms with van der Waals surface area (Å²) in [4.78, 5) is 17.8. The lowest BCUT2D eigenvalue weighted by Crippen LogP contribution is -2.34. The predicted molar refractivity (Wildman–Crippen MR) is 77.5 cm³/mol. The number of amides is 1. The van der Waals surface area contributed by atoms with Crippen molar-refractivity contribution < 1.29 is 18.0 Å². The molecule has 0 aliphatic carbocycles. The Morgan fingerprint density at radius 2 is 2.04 bits per heavy atom. The maximum atomic E-state index is 12.5. The van der Waals surface area contributed by atoms with Gasteiger partial charge in [0.05, 0.1) is 11.8 Å². The number of nitrogens with one attached hydrogen (secondary N) is 1. The molecule has 1 amide bonds. The molecule has 0 saturated carbocycles. The van der Waals surface area contributed by atoms with Crippen LogP contribution in [0.1, 0.15) is 22.5 Å². The lowest BCUT2D eigenvalue weighted by atomic mass is 10.3. The minimum absolute atomic E-state index is 0.138. The summed E-state index contributed by atoms with van der Waals surface area (Å²) >= 11 is 0. The normalized spacial score (nSPS) is 16.0. The van der Waals surface area contributed by atoms with Crippen molar-refractivity contribution in [3.63, 3.8) is 0 Å². The molecule has 0 radical (unpaired) electrons. The molecule has 0 spiro atoms. The monoisotopic (exact) mass is 340 g/mol. The van der Waals surface area contributed by atoms with Crippen LogP contribution in [0.4, 0.5) is 13.2 Å². The molecule has 1 aliphatic heterocycles. The fourth-order valence-corrected chi connectivity index (χ4v) is 2.37. The minimum Gasteiger partial charge on any atom is -0.336 e. The average Bonchev–Trinajstić information content (AvgIpc) is 2.89. The first-order valence-corrected chi connectivity index (χ1v) is 7.41. The van der Waals surface area contributed by atoms with Crippen LogP contribution in [0.15, 0.2) is 24.5 Å². The molecular formula is C14H15F3N6O. The summed E-state index contributed by atoms with van der Waals surface area (Å²) in [6.45, 7) is 2.76. The van der Waals surface area contributed by atoms with Crippen molar-refractivity contribution in [1.82, 2.24) is 30.2 Å². The van der Waals surface area contributed by atoms with Crippen LogP contribution >= 0.6 is 0 Å². The molecule has 1 N–H and O–H groups in total. The summed E-state index contributed by atoms with van der Waals surface area (Å²) in [5, 5.41) is 10.8. The average molecular weight is 340 g/mol. The Morgan fingerprint density at radius 1 is 1.21 bits per heavy atom. The summed E-state index contributed by atoms with van der Waals surface area (Å²) in [6.07, 6.45) is -1.51. The number of aromatic nitrogens is 4. The quantitative estimate of drug-likeness (QED) is 0.887. The number of pyridine rings is 1. The second-order valence-corrected chi connectivity index (χ2v) is 5.35. The van der Waals surface area contributed by atoms with Gasteiger partial charge in [-0.1, -0.05) is 5.21 Å². The smallest absolute Gasteiger partial charge is 0.336 e. The first-order valence-electron chi connectivity index (χ1n) is 7.41. The zero-order valence-corrected chi connectivity index (χ0v) is 12.6. The van der Waals surface area contributed by atoms with Gasteiger partial charge in [0.15, 0.2) is 11.5 Å². The maximum absolute atomic E-state index is 12.5. The number of alkyl halides is 3. The van der Waals surface area contributed by atoms with Crippen molar-refractivity contribution in [2.75, 3.05) is 26.2 Å². The van der Waals surface area contributed by atoms with Gasteiger partial charge in [0, 0.05) is 25.8 Å². The van der Waals surface area contributed by atoms with Crippen LogP contribution in [0.25, 0.3) is 5.82 Å². The highest BCUT2D eigenvalue weighted by atomic mass is 19.4. The number of rotatable bonds is 2. The summed E-state index contributed by atoms with van der Waals surface area (Å²) in [5.41, 5.74) is -0.710. The van der Waals surface area contributed by atoms with E-state index < -0.39 is 11.7 Å². The third-order valence-corrected chi connectivity index (χ3v) is 3.65. The SMILES string of the molecule is O=C(c1cn(-c2ccc(C(F)(F)F)cn2)nn1)N1CCCNCC1. The van der Waals surface area contributed by atoms with E-state index in [1.165, 1.54) is 16.9 Å². The Morgan fingerprint density at radius 3 is 2.75 bits per heavy atom. The van der Waals surface area contributed by atoms with Crippen molar-refractivity contribution in [2.24, 2.45) is 0 Å². The van der Waals surface area contributed by atoms with Gasteiger partial charge < -0.3 is 10.2 Å². The fraction of sp³-hybridized carbons (Fsp3) is 0.429. The maximum Gasteiger partial charge on any atom is 0.417 e. The van der Waals surface area contributed by atoms with Gasteiger partial charge in [-0.25, -0.2) is 9.67 Å². The Kier molecular flexibility index (Phi) is 4.47. The van der Waals surface area contributed by atoms with Crippen LogP contribution in [-0.2, 0) is 6.18 Å². The fourth-order valence-electron chi connectivity index (χ4n) is 2.37. The van der Waals surface area contributed by atoms with Crippen molar-refractivity contribution in [2.45, 2.75) is 12.6 Å². The predicted octanol–water partition coefficient (Wildman–Crippen LogP) is 1.12. The molecule has 0 bridgehead atoms. The van der Waals surface area contributed by atoms with Gasteiger partial charge in [-0.15, -0.1) is 5.10 Å². The third kappa shape index (κ3) is 3.53. The van der Waals surface area contributed by atoms with E-state index >= 15 is 0 Å². The summed E-state index contributed by atoms with van der Waals surface area (Å²) in [5.74, 6) is -0.0936. The molecular weight excluding hydrogens is 325 g/mol. The van der Waals surface area contributed by atoms with Gasteiger partial charge >= 0.3 is 6.18 Å². The molecule has 3 rings (SSSR count). The first kappa shape index (κ1) is 16.4. The van der Waals surface area contributed by atoms with E-state index in [1.807, 2.05) is 0 Å². The Bertz CT molecular complexity index is 704. The first-order chi connectivity index (χ1) is 11.4. The summed E-state index contributed by atoms with van der Waals surface area (Å²) in [7, 11) is 0. The summed E-state index contributed by atoms with van der Waals surface area (Å²) < 4.78 is 38.8. The van der Waals surface area contributed by atoms with E-state index in [4.69, 9.17) is 0 Å². The van der Waals surface area contributed by atoms with Crippen LogP contribution in [0, 0.1) is 0 Å². The number of carbonyl (C=O) groups excluding carboxylic acids is 1. The van der Waals surface area contributed by atoms with E-state index in [1.54, 1.807) is 4.90 Å². The molecule has 128 valence electrons. The molecule has 7 nitrogen and oxygen atoms in total. The van der Waals surface area contributed by atoms with Crippen molar-refractivity contribution >= 4 is 5.91 Å². The molecule has 1 aliphatic rings.